The fourth-order valence-electron chi connectivity index (χ4n) is 1.28. The van der Waals surface area contributed by atoms with Crippen LogP contribution in [0.1, 0.15) is 17.3 Å². The number of para-hydroxylation sites is 1. The van der Waals surface area contributed by atoms with Gasteiger partial charge in [0.2, 0.25) is 0 Å². The molecule has 5 nitrogen and oxygen atoms in total. The van der Waals surface area contributed by atoms with Crippen LogP contribution in [-0.2, 0) is 9.53 Å². The fourth-order valence-corrected chi connectivity index (χ4v) is 1.28. The summed E-state index contributed by atoms with van der Waals surface area (Å²) < 4.78 is 10.0. The molecule has 1 aromatic carbocycles. The first kappa shape index (κ1) is 17.4. The van der Waals surface area contributed by atoms with Gasteiger partial charge < -0.3 is 14.4 Å². The number of nitrogens with zero attached hydrogens (tertiary/aromatic N) is 1. The van der Waals surface area contributed by atoms with E-state index in [4.69, 9.17) is 9.47 Å². The zero-order valence-corrected chi connectivity index (χ0v) is 12.0. The first-order chi connectivity index (χ1) is 8.50. The van der Waals surface area contributed by atoms with E-state index in [0.717, 1.165) is 0 Å². The number of hydrogen-bond acceptors (Lipinski definition) is 5. The number of carbonyl (C=O) groups excluding carboxylic acids is 2. The molecule has 0 aliphatic carbocycles. The van der Waals surface area contributed by atoms with Gasteiger partial charge in [0.25, 0.3) is 0 Å². The Bertz CT molecular complexity index is 434. The third-order valence-electron chi connectivity index (χ3n) is 2.13. The molecule has 0 atom stereocenters. The molecule has 0 heterocycles. The Morgan fingerprint density at radius 3 is 2.42 bits per heavy atom. The fraction of sp³-hybridized carbons (Fsp3) is 0.385. The van der Waals surface area contributed by atoms with Gasteiger partial charge in [-0.2, -0.15) is 0 Å². The Morgan fingerprint density at radius 2 is 1.84 bits per heavy atom. The maximum atomic E-state index is 11.8. The van der Waals surface area contributed by atoms with E-state index in [1.807, 2.05) is 19.0 Å². The van der Waals surface area contributed by atoms with Crippen LogP contribution < -0.4 is 4.74 Å². The number of esters is 2. The zero-order valence-electron chi connectivity index (χ0n) is 11.2. The molecule has 0 spiro atoms. The Kier molecular flexibility index (Phi) is 7.79. The molecule has 0 aromatic heterocycles. The summed E-state index contributed by atoms with van der Waals surface area (Å²) in [6.45, 7) is 2.22. The van der Waals surface area contributed by atoms with E-state index in [1.165, 1.54) is 6.92 Å². The predicted octanol–water partition coefficient (Wildman–Crippen LogP) is 1.75. The quantitative estimate of drug-likeness (QED) is 0.610. The van der Waals surface area contributed by atoms with Crippen LogP contribution in [-0.4, -0.2) is 44.1 Å². The number of likely N-dealkylation sites (N-methyl/N-ethyl adjacent to an activating group) is 1. The molecule has 0 amide bonds. The van der Waals surface area contributed by atoms with Crippen molar-refractivity contribution in [3.63, 3.8) is 0 Å². The predicted molar refractivity (Wildman–Crippen MR) is 73.8 cm³/mol. The van der Waals surface area contributed by atoms with Gasteiger partial charge in [-0.1, -0.05) is 12.1 Å². The summed E-state index contributed by atoms with van der Waals surface area (Å²) in [5.74, 6) is -0.739. The van der Waals surface area contributed by atoms with E-state index in [0.29, 0.717) is 13.2 Å². The summed E-state index contributed by atoms with van der Waals surface area (Å²) in [4.78, 5) is 24.6. The summed E-state index contributed by atoms with van der Waals surface area (Å²) in [5, 5.41) is 0. The largest absolute Gasteiger partial charge is 0.461 e. The highest BCUT2D eigenvalue weighted by Crippen LogP contribution is 2.19. The molecule has 0 fully saturated rings. The van der Waals surface area contributed by atoms with E-state index >= 15 is 0 Å². The minimum Gasteiger partial charge on any atom is -0.461 e. The summed E-state index contributed by atoms with van der Waals surface area (Å²) in [7, 11) is 3.78. The van der Waals surface area contributed by atoms with Crippen molar-refractivity contribution in [1.82, 2.24) is 4.90 Å². The average Bonchev–Trinajstić information content (AvgIpc) is 2.28. The normalized spacial score (nSPS) is 9.68. The lowest BCUT2D eigenvalue weighted by Gasteiger charge is -2.11. The summed E-state index contributed by atoms with van der Waals surface area (Å²) in [6, 6.07) is 6.50. The molecule has 1 rings (SSSR count). The molecule has 6 heteroatoms. The summed E-state index contributed by atoms with van der Waals surface area (Å²) >= 11 is 0. The molecular formula is C13H18ClNO4. The van der Waals surface area contributed by atoms with Crippen LogP contribution in [0.15, 0.2) is 24.3 Å². The third-order valence-corrected chi connectivity index (χ3v) is 2.13. The van der Waals surface area contributed by atoms with Gasteiger partial charge in [0.15, 0.2) is 0 Å². The van der Waals surface area contributed by atoms with Crippen LogP contribution in [0.3, 0.4) is 0 Å². The smallest absolute Gasteiger partial charge is 0.341 e. The molecule has 0 saturated heterocycles. The van der Waals surface area contributed by atoms with Crippen molar-refractivity contribution < 1.29 is 19.1 Å². The monoisotopic (exact) mass is 287 g/mol. The molecule has 0 unspecified atom stereocenters. The number of rotatable bonds is 5. The van der Waals surface area contributed by atoms with Crippen LogP contribution in [0.2, 0.25) is 0 Å². The Morgan fingerprint density at radius 1 is 1.21 bits per heavy atom. The highest BCUT2D eigenvalue weighted by molar-refractivity contribution is 5.93. The number of benzene rings is 1. The van der Waals surface area contributed by atoms with Crippen LogP contribution in [0.4, 0.5) is 0 Å². The maximum absolute atomic E-state index is 11.8. The summed E-state index contributed by atoms with van der Waals surface area (Å²) in [5.41, 5.74) is 0.256. The molecule has 19 heavy (non-hydrogen) atoms. The highest BCUT2D eigenvalue weighted by atomic mass is 35.5. The number of hydrogen-bond donors (Lipinski definition) is 0. The molecular weight excluding hydrogens is 270 g/mol. The van der Waals surface area contributed by atoms with E-state index in [-0.39, 0.29) is 23.7 Å². The lowest BCUT2D eigenvalue weighted by molar-refractivity contribution is -0.131. The first-order valence-electron chi connectivity index (χ1n) is 5.60. The van der Waals surface area contributed by atoms with Crippen molar-refractivity contribution in [2.45, 2.75) is 6.92 Å². The van der Waals surface area contributed by atoms with Crippen molar-refractivity contribution in [2.24, 2.45) is 0 Å². The second-order valence-corrected chi connectivity index (χ2v) is 4.03. The Hall–Kier alpha value is -1.59. The van der Waals surface area contributed by atoms with E-state index in [2.05, 4.69) is 0 Å². The van der Waals surface area contributed by atoms with Crippen molar-refractivity contribution in [3.8, 4) is 5.75 Å². The second kappa shape index (κ2) is 8.50. The van der Waals surface area contributed by atoms with Gasteiger partial charge in [-0.3, -0.25) is 4.79 Å². The maximum Gasteiger partial charge on any atom is 0.341 e. The van der Waals surface area contributed by atoms with E-state index in [1.54, 1.807) is 24.3 Å². The van der Waals surface area contributed by atoms with Gasteiger partial charge >= 0.3 is 11.9 Å². The van der Waals surface area contributed by atoms with Crippen molar-refractivity contribution >= 4 is 24.3 Å². The lowest BCUT2D eigenvalue weighted by atomic mass is 10.2. The van der Waals surface area contributed by atoms with Gasteiger partial charge in [0.05, 0.1) is 0 Å². The van der Waals surface area contributed by atoms with Gasteiger partial charge in [-0.05, 0) is 26.2 Å². The highest BCUT2D eigenvalue weighted by Gasteiger charge is 2.14. The second-order valence-electron chi connectivity index (χ2n) is 4.03. The van der Waals surface area contributed by atoms with E-state index < -0.39 is 11.9 Å². The molecule has 0 bridgehead atoms. The molecule has 1 aromatic rings. The number of halogens is 1. The van der Waals surface area contributed by atoms with E-state index in [9.17, 15) is 9.59 Å². The average molecular weight is 288 g/mol. The van der Waals surface area contributed by atoms with Crippen molar-refractivity contribution in [2.75, 3.05) is 27.2 Å². The Balaban J connectivity index is 0.00000324. The van der Waals surface area contributed by atoms with Gasteiger partial charge in [0.1, 0.15) is 17.9 Å². The van der Waals surface area contributed by atoms with Crippen molar-refractivity contribution in [1.29, 1.82) is 0 Å². The third kappa shape index (κ3) is 6.22. The first-order valence-corrected chi connectivity index (χ1v) is 5.60. The number of carbonyl (C=O) groups is 2. The lowest BCUT2D eigenvalue weighted by Crippen LogP contribution is -2.20. The van der Waals surface area contributed by atoms with Crippen LogP contribution >= 0.6 is 12.4 Å². The van der Waals surface area contributed by atoms with Crippen LogP contribution in [0, 0.1) is 0 Å². The molecule has 0 radical (unpaired) electrons. The molecule has 106 valence electrons. The minimum absolute atomic E-state index is 0. The SMILES string of the molecule is CC(=O)Oc1ccccc1C(=O)OCCN(C)C.Cl. The minimum atomic E-state index is -0.492. The van der Waals surface area contributed by atoms with Gasteiger partial charge in [0, 0.05) is 13.5 Å². The number of ether oxygens (including phenoxy) is 2. The van der Waals surface area contributed by atoms with Crippen molar-refractivity contribution in [3.05, 3.63) is 29.8 Å². The van der Waals surface area contributed by atoms with Crippen LogP contribution in [0.5, 0.6) is 5.75 Å². The van der Waals surface area contributed by atoms with Crippen LogP contribution in [0.25, 0.3) is 0 Å². The van der Waals surface area contributed by atoms with Gasteiger partial charge in [-0.15, -0.1) is 12.4 Å². The topological polar surface area (TPSA) is 55.8 Å². The Labute approximate surface area is 118 Å². The molecule has 0 saturated carbocycles. The zero-order chi connectivity index (χ0) is 13.5. The molecule has 0 N–H and O–H groups in total. The molecule has 0 aliphatic rings. The molecule has 0 aliphatic heterocycles. The standard InChI is InChI=1S/C13H17NO4.ClH/c1-10(15)18-12-7-5-4-6-11(12)13(16)17-9-8-14(2)3;/h4-7H,8-9H2,1-3H3;1H. The van der Waals surface area contributed by atoms with Gasteiger partial charge in [-0.25, -0.2) is 4.79 Å². The summed E-state index contributed by atoms with van der Waals surface area (Å²) in [6.07, 6.45) is 0.